The number of rotatable bonds is 1. The number of hydrogen-bond donors (Lipinski definition) is 0. The third-order valence-electron chi connectivity index (χ3n) is 2.98. The summed E-state index contributed by atoms with van der Waals surface area (Å²) in [5.41, 5.74) is 0. The van der Waals surface area contributed by atoms with Crippen molar-refractivity contribution in [3.8, 4) is 0 Å². The van der Waals surface area contributed by atoms with Crippen molar-refractivity contribution in [2.45, 2.75) is 24.7 Å². The van der Waals surface area contributed by atoms with E-state index in [9.17, 15) is 0 Å². The van der Waals surface area contributed by atoms with Gasteiger partial charge in [0.25, 0.3) is 0 Å². The lowest BCUT2D eigenvalue weighted by Gasteiger charge is -2.44. The van der Waals surface area contributed by atoms with E-state index < -0.39 is 0 Å². The standard InChI is InChI=1S/C9H11BrN2O2/c10-8-5-12(6-11-8)7-1-2-9(7)13-3-4-14-9/h5-7H,1-4H2. The van der Waals surface area contributed by atoms with E-state index in [1.807, 2.05) is 12.5 Å². The Hall–Kier alpha value is -0.390. The number of halogens is 1. The summed E-state index contributed by atoms with van der Waals surface area (Å²) in [5.74, 6) is -0.347. The Labute approximate surface area is 90.3 Å². The van der Waals surface area contributed by atoms with Crippen molar-refractivity contribution in [1.29, 1.82) is 0 Å². The zero-order valence-electron chi connectivity index (χ0n) is 7.65. The molecule has 1 aliphatic heterocycles. The van der Waals surface area contributed by atoms with Crippen LogP contribution in [0.4, 0.5) is 0 Å². The second-order valence-corrected chi connectivity index (χ2v) is 4.52. The molecule has 4 nitrogen and oxygen atoms in total. The molecule has 1 unspecified atom stereocenters. The Kier molecular flexibility index (Phi) is 1.93. The molecule has 0 amide bonds. The summed E-state index contributed by atoms with van der Waals surface area (Å²) in [4.78, 5) is 4.14. The molecule has 1 aromatic rings. The maximum absolute atomic E-state index is 5.67. The van der Waals surface area contributed by atoms with Crippen LogP contribution in [0, 0.1) is 0 Å². The lowest BCUT2D eigenvalue weighted by atomic mass is 9.84. The van der Waals surface area contributed by atoms with Crippen LogP contribution in [0.1, 0.15) is 18.9 Å². The molecule has 2 aliphatic rings. The van der Waals surface area contributed by atoms with Gasteiger partial charge in [0, 0.05) is 12.6 Å². The Balaban J connectivity index is 1.86. The molecule has 2 fully saturated rings. The molecule has 1 saturated heterocycles. The molecule has 1 aromatic heterocycles. The summed E-state index contributed by atoms with van der Waals surface area (Å²) in [5, 5.41) is 0. The van der Waals surface area contributed by atoms with Gasteiger partial charge in [-0.15, -0.1) is 0 Å². The Morgan fingerprint density at radius 2 is 2.29 bits per heavy atom. The average Bonchev–Trinajstić information content (AvgIpc) is 2.73. The minimum absolute atomic E-state index is 0.295. The van der Waals surface area contributed by atoms with Crippen LogP contribution >= 0.6 is 15.9 Å². The van der Waals surface area contributed by atoms with E-state index in [2.05, 4.69) is 25.5 Å². The fraction of sp³-hybridized carbons (Fsp3) is 0.667. The minimum Gasteiger partial charge on any atom is -0.346 e. The highest BCUT2D eigenvalue weighted by molar-refractivity contribution is 9.10. The molecular weight excluding hydrogens is 248 g/mol. The number of aromatic nitrogens is 2. The van der Waals surface area contributed by atoms with Gasteiger partial charge in [-0.1, -0.05) is 0 Å². The van der Waals surface area contributed by atoms with Crippen molar-refractivity contribution in [2.24, 2.45) is 0 Å². The third kappa shape index (κ3) is 1.16. The van der Waals surface area contributed by atoms with Gasteiger partial charge in [-0.2, -0.15) is 0 Å². The van der Waals surface area contributed by atoms with Crippen LogP contribution in [0.5, 0.6) is 0 Å². The maximum atomic E-state index is 5.67. The van der Waals surface area contributed by atoms with Gasteiger partial charge in [-0.25, -0.2) is 4.98 Å². The smallest absolute Gasteiger partial charge is 0.189 e. The van der Waals surface area contributed by atoms with Crippen molar-refractivity contribution < 1.29 is 9.47 Å². The van der Waals surface area contributed by atoms with Crippen LogP contribution in [0.15, 0.2) is 17.1 Å². The molecule has 14 heavy (non-hydrogen) atoms. The normalized spacial score (nSPS) is 29.4. The number of ether oxygens (including phenoxy) is 2. The lowest BCUT2D eigenvalue weighted by molar-refractivity contribution is -0.240. The van der Waals surface area contributed by atoms with Gasteiger partial charge >= 0.3 is 0 Å². The van der Waals surface area contributed by atoms with E-state index >= 15 is 0 Å². The quantitative estimate of drug-likeness (QED) is 0.770. The first-order chi connectivity index (χ1) is 6.80. The summed E-state index contributed by atoms with van der Waals surface area (Å²) in [6, 6.07) is 0.295. The Morgan fingerprint density at radius 1 is 1.50 bits per heavy atom. The van der Waals surface area contributed by atoms with Crippen molar-refractivity contribution in [3.63, 3.8) is 0 Å². The van der Waals surface area contributed by atoms with Crippen LogP contribution in [0.3, 0.4) is 0 Å². The van der Waals surface area contributed by atoms with Gasteiger partial charge in [-0.05, 0) is 22.4 Å². The summed E-state index contributed by atoms with van der Waals surface area (Å²) in [6.45, 7) is 1.43. The predicted octanol–water partition coefficient (Wildman–Crippen LogP) is 1.72. The molecule has 1 aliphatic carbocycles. The highest BCUT2D eigenvalue weighted by Gasteiger charge is 2.52. The molecule has 3 rings (SSSR count). The summed E-state index contributed by atoms with van der Waals surface area (Å²) >= 11 is 3.34. The Bertz CT molecular complexity index is 346. The van der Waals surface area contributed by atoms with Gasteiger partial charge in [0.1, 0.15) is 4.60 Å². The van der Waals surface area contributed by atoms with E-state index in [4.69, 9.17) is 9.47 Å². The van der Waals surface area contributed by atoms with Gasteiger partial charge in [0.05, 0.1) is 25.6 Å². The third-order valence-corrected chi connectivity index (χ3v) is 3.39. The van der Waals surface area contributed by atoms with Crippen LogP contribution in [-0.4, -0.2) is 28.6 Å². The number of hydrogen-bond acceptors (Lipinski definition) is 3. The molecule has 0 bridgehead atoms. The molecular formula is C9H11BrN2O2. The fourth-order valence-corrected chi connectivity index (χ4v) is 2.50. The molecule has 1 saturated carbocycles. The molecule has 1 atom stereocenters. The molecule has 0 radical (unpaired) electrons. The molecule has 0 aromatic carbocycles. The maximum Gasteiger partial charge on any atom is 0.189 e. The zero-order valence-corrected chi connectivity index (χ0v) is 9.24. The topological polar surface area (TPSA) is 36.3 Å². The molecule has 76 valence electrons. The first-order valence-corrected chi connectivity index (χ1v) is 5.56. The highest BCUT2D eigenvalue weighted by Crippen LogP contribution is 2.48. The van der Waals surface area contributed by atoms with E-state index in [-0.39, 0.29) is 5.79 Å². The van der Waals surface area contributed by atoms with Crippen molar-refractivity contribution in [2.75, 3.05) is 13.2 Å². The van der Waals surface area contributed by atoms with Gasteiger partial charge < -0.3 is 14.0 Å². The van der Waals surface area contributed by atoms with E-state index in [0.29, 0.717) is 19.3 Å². The fourth-order valence-electron chi connectivity index (χ4n) is 2.17. The number of imidazole rings is 1. The largest absolute Gasteiger partial charge is 0.346 e. The number of nitrogens with zero attached hydrogens (tertiary/aromatic N) is 2. The highest BCUT2D eigenvalue weighted by atomic mass is 79.9. The lowest BCUT2D eigenvalue weighted by Crippen LogP contribution is -2.48. The zero-order chi connectivity index (χ0) is 9.60. The monoisotopic (exact) mass is 258 g/mol. The van der Waals surface area contributed by atoms with Crippen LogP contribution in [0.2, 0.25) is 0 Å². The van der Waals surface area contributed by atoms with E-state index in [1.54, 1.807) is 0 Å². The predicted molar refractivity (Wildman–Crippen MR) is 52.8 cm³/mol. The van der Waals surface area contributed by atoms with Gasteiger partial charge in [0.2, 0.25) is 0 Å². The minimum atomic E-state index is -0.347. The van der Waals surface area contributed by atoms with Crippen molar-refractivity contribution in [3.05, 3.63) is 17.1 Å². The molecule has 5 heteroatoms. The Morgan fingerprint density at radius 3 is 2.79 bits per heavy atom. The second-order valence-electron chi connectivity index (χ2n) is 3.71. The first kappa shape index (κ1) is 8.88. The van der Waals surface area contributed by atoms with Crippen LogP contribution in [-0.2, 0) is 9.47 Å². The van der Waals surface area contributed by atoms with E-state index in [0.717, 1.165) is 17.4 Å². The van der Waals surface area contributed by atoms with Crippen LogP contribution < -0.4 is 0 Å². The second kappa shape index (κ2) is 3.05. The van der Waals surface area contributed by atoms with Gasteiger partial charge in [-0.3, -0.25) is 0 Å². The first-order valence-electron chi connectivity index (χ1n) is 4.77. The summed E-state index contributed by atoms with van der Waals surface area (Å²) in [6.07, 6.45) is 5.88. The summed E-state index contributed by atoms with van der Waals surface area (Å²) < 4.78 is 14.3. The van der Waals surface area contributed by atoms with Crippen LogP contribution in [0.25, 0.3) is 0 Å². The van der Waals surface area contributed by atoms with Crippen molar-refractivity contribution >= 4 is 15.9 Å². The van der Waals surface area contributed by atoms with Gasteiger partial charge in [0.15, 0.2) is 5.79 Å². The van der Waals surface area contributed by atoms with E-state index in [1.165, 1.54) is 0 Å². The molecule has 0 N–H and O–H groups in total. The average molecular weight is 259 g/mol. The SMILES string of the molecule is Brc1cn(C2CCC23OCCO3)cn1. The van der Waals surface area contributed by atoms with Crippen molar-refractivity contribution in [1.82, 2.24) is 9.55 Å². The molecule has 1 spiro atoms. The summed E-state index contributed by atoms with van der Waals surface area (Å²) in [7, 11) is 0. The molecule has 2 heterocycles.